The van der Waals surface area contributed by atoms with Crippen molar-refractivity contribution >= 4 is 29.1 Å². The fourth-order valence-corrected chi connectivity index (χ4v) is 2.33. The summed E-state index contributed by atoms with van der Waals surface area (Å²) < 4.78 is 31.1. The Hall–Kier alpha value is -3.88. The molecular weight excluding hydrogens is 382 g/mol. The van der Waals surface area contributed by atoms with Crippen LogP contribution in [0.15, 0.2) is 54.9 Å². The Labute approximate surface area is 164 Å². The highest BCUT2D eigenvalue weighted by molar-refractivity contribution is 6.03. The average Bonchev–Trinajstić information content (AvgIpc) is 2.72. The number of nitrogens with zero attached hydrogens (tertiary/aromatic N) is 2. The number of hydrogen-bond acceptors (Lipinski definition) is 6. The van der Waals surface area contributed by atoms with E-state index in [4.69, 9.17) is 4.74 Å². The molecular formula is C20H16F2N4O3. The molecule has 0 unspecified atom stereocenters. The van der Waals surface area contributed by atoms with Crippen LogP contribution in [0.2, 0.25) is 0 Å². The number of ether oxygens (including phenoxy) is 1. The molecule has 2 N–H and O–H groups in total. The number of rotatable bonds is 6. The lowest BCUT2D eigenvalue weighted by molar-refractivity contribution is 0.0526. The van der Waals surface area contributed by atoms with Gasteiger partial charge in [-0.1, -0.05) is 0 Å². The SMILES string of the molecule is CCOC(=O)c1ccc(NC(=O)c2cnc(Nc3ccc(F)c(F)c3)cn2)cc1. The smallest absolute Gasteiger partial charge is 0.338 e. The molecule has 0 saturated carbocycles. The predicted octanol–water partition coefficient (Wildman–Crippen LogP) is 3.93. The molecule has 0 saturated heterocycles. The molecule has 0 spiro atoms. The third-order valence-corrected chi connectivity index (χ3v) is 3.73. The molecule has 2 aromatic carbocycles. The van der Waals surface area contributed by atoms with Crippen molar-refractivity contribution in [1.82, 2.24) is 9.97 Å². The highest BCUT2D eigenvalue weighted by atomic mass is 19.2. The number of hydrogen-bond donors (Lipinski definition) is 2. The van der Waals surface area contributed by atoms with Crippen LogP contribution in [0.3, 0.4) is 0 Å². The number of nitrogens with one attached hydrogen (secondary N) is 2. The molecule has 0 aliphatic carbocycles. The van der Waals surface area contributed by atoms with Gasteiger partial charge in [-0.2, -0.15) is 0 Å². The first-order valence-corrected chi connectivity index (χ1v) is 8.59. The molecule has 1 aromatic heterocycles. The van der Waals surface area contributed by atoms with Gasteiger partial charge in [0.2, 0.25) is 0 Å². The van der Waals surface area contributed by atoms with Gasteiger partial charge >= 0.3 is 5.97 Å². The number of halogens is 2. The lowest BCUT2D eigenvalue weighted by Gasteiger charge is -2.08. The first-order chi connectivity index (χ1) is 14.0. The van der Waals surface area contributed by atoms with Gasteiger partial charge in [0.1, 0.15) is 11.5 Å². The van der Waals surface area contributed by atoms with E-state index >= 15 is 0 Å². The van der Waals surface area contributed by atoms with Crippen molar-refractivity contribution in [2.75, 3.05) is 17.2 Å². The number of amides is 1. The van der Waals surface area contributed by atoms with Crippen LogP contribution in [0.1, 0.15) is 27.8 Å². The van der Waals surface area contributed by atoms with Crippen molar-refractivity contribution in [3.05, 3.63) is 77.8 Å². The van der Waals surface area contributed by atoms with Gasteiger partial charge in [0.25, 0.3) is 5.91 Å². The first kappa shape index (κ1) is 19.9. The Morgan fingerprint density at radius 3 is 2.31 bits per heavy atom. The van der Waals surface area contributed by atoms with E-state index in [-0.39, 0.29) is 23.8 Å². The Balaban J connectivity index is 1.62. The van der Waals surface area contributed by atoms with Crippen molar-refractivity contribution < 1.29 is 23.1 Å². The van der Waals surface area contributed by atoms with Gasteiger partial charge in [0.15, 0.2) is 11.6 Å². The minimum atomic E-state index is -0.993. The van der Waals surface area contributed by atoms with E-state index in [9.17, 15) is 18.4 Å². The van der Waals surface area contributed by atoms with E-state index in [1.807, 2.05) is 0 Å². The van der Waals surface area contributed by atoms with E-state index < -0.39 is 23.5 Å². The van der Waals surface area contributed by atoms with Gasteiger partial charge in [0.05, 0.1) is 24.6 Å². The summed E-state index contributed by atoms with van der Waals surface area (Å²) in [5, 5.41) is 5.39. The number of anilines is 3. The molecule has 148 valence electrons. The third kappa shape index (κ3) is 5.10. The maximum absolute atomic E-state index is 13.2. The first-order valence-electron chi connectivity index (χ1n) is 8.59. The standard InChI is InChI=1S/C20H16F2N4O3/c1-2-29-20(28)12-3-5-13(6-4-12)26-19(27)17-10-24-18(11-23-17)25-14-7-8-15(21)16(22)9-14/h3-11H,2H2,1H3,(H,24,25)(H,26,27). The van der Waals surface area contributed by atoms with Gasteiger partial charge in [0, 0.05) is 17.4 Å². The molecule has 1 heterocycles. The van der Waals surface area contributed by atoms with E-state index in [0.29, 0.717) is 11.3 Å². The summed E-state index contributed by atoms with van der Waals surface area (Å²) in [7, 11) is 0. The maximum Gasteiger partial charge on any atom is 0.338 e. The van der Waals surface area contributed by atoms with Crippen LogP contribution in [-0.2, 0) is 4.74 Å². The Kier molecular flexibility index (Phi) is 6.08. The van der Waals surface area contributed by atoms with Gasteiger partial charge in [-0.25, -0.2) is 23.5 Å². The van der Waals surface area contributed by atoms with Crippen LogP contribution < -0.4 is 10.6 Å². The summed E-state index contributed by atoms with van der Waals surface area (Å²) in [5.41, 5.74) is 1.18. The molecule has 0 radical (unpaired) electrons. The zero-order valence-electron chi connectivity index (χ0n) is 15.3. The zero-order valence-corrected chi connectivity index (χ0v) is 15.3. The summed E-state index contributed by atoms with van der Waals surface area (Å²) >= 11 is 0. The molecule has 3 aromatic rings. The lowest BCUT2D eigenvalue weighted by atomic mass is 10.2. The zero-order chi connectivity index (χ0) is 20.8. The van der Waals surface area contributed by atoms with Crippen molar-refractivity contribution in [2.45, 2.75) is 6.92 Å². The quantitative estimate of drug-likeness (QED) is 0.611. The van der Waals surface area contributed by atoms with Gasteiger partial charge in [-0.15, -0.1) is 0 Å². The lowest BCUT2D eigenvalue weighted by Crippen LogP contribution is -2.14. The maximum atomic E-state index is 13.2. The van der Waals surface area contributed by atoms with Crippen molar-refractivity contribution in [3.8, 4) is 0 Å². The van der Waals surface area contributed by atoms with Crippen LogP contribution in [0.25, 0.3) is 0 Å². The topological polar surface area (TPSA) is 93.2 Å². The molecule has 0 fully saturated rings. The van der Waals surface area contributed by atoms with Gasteiger partial charge in [-0.3, -0.25) is 4.79 Å². The molecule has 7 nitrogen and oxygen atoms in total. The number of aromatic nitrogens is 2. The largest absolute Gasteiger partial charge is 0.462 e. The van der Waals surface area contributed by atoms with Crippen molar-refractivity contribution in [2.24, 2.45) is 0 Å². The number of benzene rings is 2. The highest BCUT2D eigenvalue weighted by Crippen LogP contribution is 2.17. The Morgan fingerprint density at radius 2 is 1.69 bits per heavy atom. The molecule has 0 aliphatic heterocycles. The van der Waals surface area contributed by atoms with Gasteiger partial charge in [-0.05, 0) is 43.3 Å². The van der Waals surface area contributed by atoms with Crippen LogP contribution in [0, 0.1) is 11.6 Å². The van der Waals surface area contributed by atoms with Crippen LogP contribution in [0.5, 0.6) is 0 Å². The molecule has 3 rings (SSSR count). The van der Waals surface area contributed by atoms with E-state index in [0.717, 1.165) is 12.1 Å². The fraction of sp³-hybridized carbons (Fsp3) is 0.100. The van der Waals surface area contributed by atoms with Crippen LogP contribution >= 0.6 is 0 Å². The summed E-state index contributed by atoms with van der Waals surface area (Å²) in [6, 6.07) is 9.52. The number of esters is 1. The minimum Gasteiger partial charge on any atom is -0.462 e. The van der Waals surface area contributed by atoms with E-state index in [2.05, 4.69) is 20.6 Å². The Morgan fingerprint density at radius 1 is 0.966 bits per heavy atom. The second kappa shape index (κ2) is 8.87. The summed E-state index contributed by atoms with van der Waals surface area (Å²) in [6.45, 7) is 1.99. The fourth-order valence-electron chi connectivity index (χ4n) is 2.33. The van der Waals surface area contributed by atoms with Crippen molar-refractivity contribution in [3.63, 3.8) is 0 Å². The molecule has 1 amide bonds. The van der Waals surface area contributed by atoms with Crippen LogP contribution in [0.4, 0.5) is 26.0 Å². The minimum absolute atomic E-state index is 0.0512. The second-order valence-corrected chi connectivity index (χ2v) is 5.79. The van der Waals surface area contributed by atoms with Gasteiger partial charge < -0.3 is 15.4 Å². The summed E-state index contributed by atoms with van der Waals surface area (Å²) in [5.74, 6) is -2.63. The number of carbonyl (C=O) groups excluding carboxylic acids is 2. The molecule has 0 aliphatic rings. The van der Waals surface area contributed by atoms with Crippen LogP contribution in [-0.4, -0.2) is 28.5 Å². The molecule has 9 heteroatoms. The molecule has 0 bridgehead atoms. The summed E-state index contributed by atoms with van der Waals surface area (Å²) in [6.07, 6.45) is 2.53. The third-order valence-electron chi connectivity index (χ3n) is 3.73. The summed E-state index contributed by atoms with van der Waals surface area (Å²) in [4.78, 5) is 31.9. The number of carbonyl (C=O) groups is 2. The van der Waals surface area contributed by atoms with E-state index in [1.54, 1.807) is 19.1 Å². The highest BCUT2D eigenvalue weighted by Gasteiger charge is 2.11. The second-order valence-electron chi connectivity index (χ2n) is 5.79. The molecule has 29 heavy (non-hydrogen) atoms. The Bertz CT molecular complexity index is 1020. The monoisotopic (exact) mass is 398 g/mol. The predicted molar refractivity (Wildman–Crippen MR) is 102 cm³/mol. The molecule has 0 atom stereocenters. The van der Waals surface area contributed by atoms with E-state index in [1.165, 1.54) is 30.6 Å². The average molecular weight is 398 g/mol. The van der Waals surface area contributed by atoms with Crippen molar-refractivity contribution in [1.29, 1.82) is 0 Å². The normalized spacial score (nSPS) is 10.3.